The molecule has 0 bridgehead atoms. The van der Waals surface area contributed by atoms with E-state index in [1.807, 2.05) is 68.3 Å². The van der Waals surface area contributed by atoms with Crippen LogP contribution in [0.25, 0.3) is 0 Å². The maximum absolute atomic E-state index is 13.4. The second-order valence-electron chi connectivity index (χ2n) is 6.42. The standard InChI is InChI=1S/C22H20ClFN2O/c1-14-6-4-5-7-18(14)22(25-27)19-10-9-17(13-20(19)23)26(3)21-11-8-16(24)12-15(21)2/h4-13,27H,1-3H3. The minimum Gasteiger partial charge on any atom is -0.410 e. The topological polar surface area (TPSA) is 35.8 Å². The average Bonchev–Trinajstić information content (AvgIpc) is 2.64. The van der Waals surface area contributed by atoms with E-state index in [9.17, 15) is 9.60 Å². The second kappa shape index (κ2) is 7.80. The fourth-order valence-electron chi connectivity index (χ4n) is 3.13. The summed E-state index contributed by atoms with van der Waals surface area (Å²) in [6, 6.07) is 17.9. The summed E-state index contributed by atoms with van der Waals surface area (Å²) in [7, 11) is 1.90. The van der Waals surface area contributed by atoms with Crippen molar-refractivity contribution in [1.29, 1.82) is 0 Å². The van der Waals surface area contributed by atoms with Crippen molar-refractivity contribution in [1.82, 2.24) is 0 Å². The van der Waals surface area contributed by atoms with Gasteiger partial charge in [-0.2, -0.15) is 0 Å². The molecule has 0 aromatic heterocycles. The number of rotatable bonds is 4. The van der Waals surface area contributed by atoms with Crippen LogP contribution in [0.1, 0.15) is 22.3 Å². The molecule has 3 nitrogen and oxygen atoms in total. The van der Waals surface area contributed by atoms with E-state index in [4.69, 9.17) is 11.6 Å². The molecule has 1 N–H and O–H groups in total. The number of benzene rings is 3. The summed E-state index contributed by atoms with van der Waals surface area (Å²) in [5.41, 5.74) is 5.43. The monoisotopic (exact) mass is 382 g/mol. The Bertz CT molecular complexity index is 1020. The predicted molar refractivity (Wildman–Crippen MR) is 109 cm³/mol. The number of oxime groups is 1. The number of hydrogen-bond donors (Lipinski definition) is 1. The van der Waals surface area contributed by atoms with Gasteiger partial charge in [-0.1, -0.05) is 41.0 Å². The summed E-state index contributed by atoms with van der Waals surface area (Å²) in [5.74, 6) is -0.264. The van der Waals surface area contributed by atoms with Gasteiger partial charge in [-0.25, -0.2) is 4.39 Å². The molecule has 0 saturated carbocycles. The van der Waals surface area contributed by atoms with Crippen molar-refractivity contribution < 1.29 is 9.60 Å². The van der Waals surface area contributed by atoms with Gasteiger partial charge < -0.3 is 10.1 Å². The summed E-state index contributed by atoms with van der Waals surface area (Å²) >= 11 is 6.52. The summed E-state index contributed by atoms with van der Waals surface area (Å²) in [5, 5.41) is 13.5. The Balaban J connectivity index is 1.99. The van der Waals surface area contributed by atoms with Crippen LogP contribution in [-0.2, 0) is 0 Å². The van der Waals surface area contributed by atoms with E-state index < -0.39 is 0 Å². The maximum Gasteiger partial charge on any atom is 0.123 e. The highest BCUT2D eigenvalue weighted by Gasteiger charge is 2.16. The second-order valence-corrected chi connectivity index (χ2v) is 6.82. The van der Waals surface area contributed by atoms with Gasteiger partial charge >= 0.3 is 0 Å². The van der Waals surface area contributed by atoms with Gasteiger partial charge in [0, 0.05) is 29.5 Å². The van der Waals surface area contributed by atoms with Gasteiger partial charge in [-0.15, -0.1) is 0 Å². The first-order valence-electron chi connectivity index (χ1n) is 8.50. The number of halogens is 2. The number of aryl methyl sites for hydroxylation is 2. The molecule has 0 heterocycles. The third-order valence-corrected chi connectivity index (χ3v) is 4.93. The van der Waals surface area contributed by atoms with Crippen LogP contribution in [0.5, 0.6) is 0 Å². The van der Waals surface area contributed by atoms with Crippen molar-refractivity contribution >= 4 is 28.7 Å². The molecular weight excluding hydrogens is 363 g/mol. The zero-order valence-corrected chi connectivity index (χ0v) is 16.1. The number of hydrogen-bond acceptors (Lipinski definition) is 3. The molecule has 3 rings (SSSR count). The van der Waals surface area contributed by atoms with Gasteiger partial charge in [-0.05, 0) is 61.4 Å². The molecule has 27 heavy (non-hydrogen) atoms. The van der Waals surface area contributed by atoms with Crippen molar-refractivity contribution in [3.63, 3.8) is 0 Å². The van der Waals surface area contributed by atoms with Gasteiger partial charge in [0.05, 0.1) is 5.02 Å². The first-order valence-corrected chi connectivity index (χ1v) is 8.88. The lowest BCUT2D eigenvalue weighted by Gasteiger charge is -2.22. The van der Waals surface area contributed by atoms with Crippen LogP contribution in [0.15, 0.2) is 65.8 Å². The number of anilines is 2. The van der Waals surface area contributed by atoms with Gasteiger partial charge in [0.1, 0.15) is 11.5 Å². The summed E-state index contributed by atoms with van der Waals surface area (Å²) < 4.78 is 13.4. The Morgan fingerprint density at radius 1 is 0.963 bits per heavy atom. The maximum atomic E-state index is 13.4. The van der Waals surface area contributed by atoms with Gasteiger partial charge in [0.25, 0.3) is 0 Å². The van der Waals surface area contributed by atoms with Crippen LogP contribution in [-0.4, -0.2) is 18.0 Å². The summed E-state index contributed by atoms with van der Waals surface area (Å²) in [6.07, 6.45) is 0. The lowest BCUT2D eigenvalue weighted by Crippen LogP contribution is -2.12. The molecule has 0 aliphatic carbocycles. The van der Waals surface area contributed by atoms with E-state index >= 15 is 0 Å². The van der Waals surface area contributed by atoms with Crippen molar-refractivity contribution in [2.24, 2.45) is 5.16 Å². The molecule has 3 aromatic carbocycles. The molecule has 0 aliphatic heterocycles. The lowest BCUT2D eigenvalue weighted by molar-refractivity contribution is 0.319. The Hall–Kier alpha value is -2.85. The SMILES string of the molecule is Cc1ccccc1C(=NO)c1ccc(N(C)c2ccc(F)cc2C)cc1Cl. The van der Waals surface area contributed by atoms with E-state index in [1.54, 1.807) is 6.07 Å². The van der Waals surface area contributed by atoms with E-state index in [0.29, 0.717) is 16.3 Å². The molecule has 5 heteroatoms. The molecule has 0 radical (unpaired) electrons. The van der Waals surface area contributed by atoms with E-state index in [1.165, 1.54) is 12.1 Å². The van der Waals surface area contributed by atoms with Gasteiger partial charge in [0.15, 0.2) is 0 Å². The van der Waals surface area contributed by atoms with Crippen LogP contribution in [0.2, 0.25) is 5.02 Å². The zero-order chi connectivity index (χ0) is 19.6. The highest BCUT2D eigenvalue weighted by molar-refractivity contribution is 6.35. The average molecular weight is 383 g/mol. The van der Waals surface area contributed by atoms with Crippen molar-refractivity contribution in [2.75, 3.05) is 11.9 Å². The molecule has 0 spiro atoms. The summed E-state index contributed by atoms with van der Waals surface area (Å²) in [4.78, 5) is 1.94. The molecular formula is C22H20ClFN2O. The molecule has 0 saturated heterocycles. The quantitative estimate of drug-likeness (QED) is 0.336. The molecule has 0 amide bonds. The smallest absolute Gasteiger partial charge is 0.123 e. The van der Waals surface area contributed by atoms with Gasteiger partial charge in [0.2, 0.25) is 0 Å². The number of nitrogens with zero attached hydrogens (tertiary/aromatic N) is 2. The molecule has 0 fully saturated rings. The molecule has 0 aliphatic rings. The first-order chi connectivity index (χ1) is 12.9. The first kappa shape index (κ1) is 18.9. The minimum atomic E-state index is -0.264. The predicted octanol–water partition coefficient (Wildman–Crippen LogP) is 6.09. The van der Waals surface area contributed by atoms with E-state index in [0.717, 1.165) is 28.1 Å². The van der Waals surface area contributed by atoms with Crippen molar-refractivity contribution in [2.45, 2.75) is 13.8 Å². The molecule has 138 valence electrons. The van der Waals surface area contributed by atoms with Crippen LogP contribution < -0.4 is 4.90 Å². The van der Waals surface area contributed by atoms with Crippen molar-refractivity contribution in [3.05, 3.63) is 93.8 Å². The highest BCUT2D eigenvalue weighted by atomic mass is 35.5. The zero-order valence-electron chi connectivity index (χ0n) is 15.4. The van der Waals surface area contributed by atoms with Gasteiger partial charge in [-0.3, -0.25) is 0 Å². The fourth-order valence-corrected chi connectivity index (χ4v) is 3.39. The molecule has 0 atom stereocenters. The largest absolute Gasteiger partial charge is 0.410 e. The van der Waals surface area contributed by atoms with Crippen LogP contribution in [0.4, 0.5) is 15.8 Å². The normalized spacial score (nSPS) is 11.5. The lowest BCUT2D eigenvalue weighted by atomic mass is 9.98. The minimum absolute atomic E-state index is 0.264. The Morgan fingerprint density at radius 3 is 2.33 bits per heavy atom. The Labute approximate surface area is 163 Å². The van der Waals surface area contributed by atoms with E-state index in [2.05, 4.69) is 5.16 Å². The summed E-state index contributed by atoms with van der Waals surface area (Å²) in [6.45, 7) is 3.81. The third-order valence-electron chi connectivity index (χ3n) is 4.62. The molecule has 3 aromatic rings. The van der Waals surface area contributed by atoms with Crippen molar-refractivity contribution in [3.8, 4) is 0 Å². The van der Waals surface area contributed by atoms with Crippen LogP contribution in [0.3, 0.4) is 0 Å². The Kier molecular flexibility index (Phi) is 5.47. The fraction of sp³-hybridized carbons (Fsp3) is 0.136. The van der Waals surface area contributed by atoms with Crippen LogP contribution in [0, 0.1) is 19.7 Å². The molecule has 0 unspecified atom stereocenters. The van der Waals surface area contributed by atoms with Crippen LogP contribution >= 0.6 is 11.6 Å². The Morgan fingerprint density at radius 2 is 1.70 bits per heavy atom. The highest BCUT2D eigenvalue weighted by Crippen LogP contribution is 2.31. The van der Waals surface area contributed by atoms with E-state index in [-0.39, 0.29) is 5.82 Å². The third kappa shape index (κ3) is 3.81.